The monoisotopic (exact) mass is 459 g/mol. The van der Waals surface area contributed by atoms with E-state index in [1.165, 1.54) is 18.9 Å². The summed E-state index contributed by atoms with van der Waals surface area (Å²) in [6.07, 6.45) is 2.23. The van der Waals surface area contributed by atoms with E-state index < -0.39 is 5.97 Å². The molecular weight excluding hydrogens is 430 g/mol. The van der Waals surface area contributed by atoms with Gasteiger partial charge in [-0.25, -0.2) is 9.78 Å². The lowest BCUT2D eigenvalue weighted by Crippen LogP contribution is -2.24. The molecule has 34 heavy (non-hydrogen) atoms. The van der Waals surface area contributed by atoms with E-state index in [0.29, 0.717) is 24.5 Å². The van der Waals surface area contributed by atoms with E-state index in [2.05, 4.69) is 17.2 Å². The minimum Gasteiger partial charge on any atom is -0.465 e. The minimum atomic E-state index is -0.558. The SMILES string of the molecule is CC[C@H](Nc1ncc(C(=O)OC)c2c1CN(CC)C2=O)c1ccc(Oc2ccc(C)cc2)cc1. The van der Waals surface area contributed by atoms with Gasteiger partial charge < -0.3 is 19.7 Å². The molecule has 4 rings (SSSR count). The molecule has 0 fully saturated rings. The largest absolute Gasteiger partial charge is 0.465 e. The number of pyridine rings is 1. The molecule has 3 aromatic rings. The summed E-state index contributed by atoms with van der Waals surface area (Å²) in [6.45, 7) is 7.00. The van der Waals surface area contributed by atoms with Crippen molar-refractivity contribution in [1.82, 2.24) is 9.88 Å². The molecule has 1 N–H and O–H groups in total. The van der Waals surface area contributed by atoms with Crippen LogP contribution < -0.4 is 10.1 Å². The maximum Gasteiger partial charge on any atom is 0.340 e. The molecule has 2 heterocycles. The highest BCUT2D eigenvalue weighted by Crippen LogP contribution is 2.34. The molecule has 0 radical (unpaired) electrons. The highest BCUT2D eigenvalue weighted by molar-refractivity contribution is 6.08. The number of nitrogens with one attached hydrogen (secondary N) is 1. The molecule has 0 bridgehead atoms. The Balaban J connectivity index is 1.57. The first-order valence-electron chi connectivity index (χ1n) is 11.5. The van der Waals surface area contributed by atoms with Crippen LogP contribution in [0.1, 0.15) is 63.7 Å². The summed E-state index contributed by atoms with van der Waals surface area (Å²) in [5.41, 5.74) is 3.57. The van der Waals surface area contributed by atoms with Crippen LogP contribution in [0.5, 0.6) is 11.5 Å². The Morgan fingerprint density at radius 3 is 2.32 bits per heavy atom. The van der Waals surface area contributed by atoms with Crippen LogP contribution >= 0.6 is 0 Å². The van der Waals surface area contributed by atoms with Crippen LogP contribution in [0.2, 0.25) is 0 Å². The maximum absolute atomic E-state index is 12.9. The summed E-state index contributed by atoms with van der Waals surface area (Å²) in [5.74, 6) is 1.43. The number of fused-ring (bicyclic) bond motifs is 1. The number of carbonyl (C=O) groups excluding carboxylic acids is 2. The number of esters is 1. The summed E-state index contributed by atoms with van der Waals surface area (Å²) >= 11 is 0. The Hall–Kier alpha value is -3.87. The highest BCUT2D eigenvalue weighted by atomic mass is 16.5. The maximum atomic E-state index is 12.9. The number of ether oxygens (including phenoxy) is 2. The number of aryl methyl sites for hydroxylation is 1. The van der Waals surface area contributed by atoms with E-state index in [4.69, 9.17) is 9.47 Å². The highest BCUT2D eigenvalue weighted by Gasteiger charge is 2.34. The number of hydrogen-bond donors (Lipinski definition) is 1. The predicted octanol–water partition coefficient (Wildman–Crippen LogP) is 5.51. The number of anilines is 1. The molecule has 1 amide bonds. The fourth-order valence-corrected chi connectivity index (χ4v) is 4.11. The van der Waals surface area contributed by atoms with Crippen LogP contribution in [-0.2, 0) is 11.3 Å². The molecule has 7 heteroatoms. The lowest BCUT2D eigenvalue weighted by molar-refractivity contribution is 0.0593. The lowest BCUT2D eigenvalue weighted by Gasteiger charge is -2.20. The molecule has 0 saturated carbocycles. The predicted molar refractivity (Wildman–Crippen MR) is 130 cm³/mol. The lowest BCUT2D eigenvalue weighted by atomic mass is 10.0. The molecule has 1 atom stereocenters. The second-order valence-corrected chi connectivity index (χ2v) is 8.27. The summed E-state index contributed by atoms with van der Waals surface area (Å²) < 4.78 is 10.8. The van der Waals surface area contributed by atoms with Gasteiger partial charge in [0.1, 0.15) is 17.3 Å². The van der Waals surface area contributed by atoms with Gasteiger partial charge >= 0.3 is 5.97 Å². The topological polar surface area (TPSA) is 80.8 Å². The average molecular weight is 460 g/mol. The molecule has 0 aliphatic carbocycles. The number of hydrogen-bond acceptors (Lipinski definition) is 6. The summed E-state index contributed by atoms with van der Waals surface area (Å²) in [5, 5.41) is 3.49. The van der Waals surface area contributed by atoms with E-state index in [1.807, 2.05) is 62.4 Å². The second-order valence-electron chi connectivity index (χ2n) is 8.27. The minimum absolute atomic E-state index is 0.0280. The van der Waals surface area contributed by atoms with Crippen molar-refractivity contribution in [3.63, 3.8) is 0 Å². The molecule has 0 unspecified atom stereocenters. The fourth-order valence-electron chi connectivity index (χ4n) is 4.11. The summed E-state index contributed by atoms with van der Waals surface area (Å²) in [7, 11) is 1.30. The zero-order valence-corrected chi connectivity index (χ0v) is 19.9. The molecule has 0 saturated heterocycles. The molecule has 0 spiro atoms. The molecule has 1 aromatic heterocycles. The number of amides is 1. The van der Waals surface area contributed by atoms with Gasteiger partial charge in [-0.05, 0) is 50.1 Å². The Morgan fingerprint density at radius 2 is 1.74 bits per heavy atom. The van der Waals surface area contributed by atoms with Crippen LogP contribution in [0.15, 0.2) is 54.7 Å². The first kappa shape index (κ1) is 23.3. The van der Waals surface area contributed by atoms with E-state index >= 15 is 0 Å². The number of benzene rings is 2. The summed E-state index contributed by atoms with van der Waals surface area (Å²) in [6, 6.07) is 15.8. The standard InChI is InChI=1S/C27H29N3O4/c1-5-23(18-9-13-20(14-10-18)34-19-11-7-17(3)8-12-19)29-25-22-16-30(6-2)26(31)24(22)21(15-28-25)27(32)33-4/h7-15,23H,5-6,16H2,1-4H3,(H,28,29)/t23-/m0/s1. The van der Waals surface area contributed by atoms with Crippen molar-refractivity contribution in [2.24, 2.45) is 0 Å². The molecule has 176 valence electrons. The van der Waals surface area contributed by atoms with Crippen molar-refractivity contribution in [3.05, 3.63) is 82.5 Å². The van der Waals surface area contributed by atoms with Gasteiger partial charge in [0.05, 0.1) is 30.8 Å². The van der Waals surface area contributed by atoms with Crippen LogP contribution in [0.4, 0.5) is 5.82 Å². The van der Waals surface area contributed by atoms with Crippen molar-refractivity contribution in [1.29, 1.82) is 0 Å². The van der Waals surface area contributed by atoms with Crippen LogP contribution in [0.25, 0.3) is 0 Å². The van der Waals surface area contributed by atoms with Gasteiger partial charge in [-0.2, -0.15) is 0 Å². The zero-order chi connectivity index (χ0) is 24.2. The fraction of sp³-hybridized carbons (Fsp3) is 0.296. The second kappa shape index (κ2) is 9.95. The summed E-state index contributed by atoms with van der Waals surface area (Å²) in [4.78, 5) is 31.3. The van der Waals surface area contributed by atoms with Gasteiger partial charge in [0.15, 0.2) is 0 Å². The first-order chi connectivity index (χ1) is 16.4. The third kappa shape index (κ3) is 4.59. The van der Waals surface area contributed by atoms with Gasteiger partial charge in [-0.1, -0.05) is 36.8 Å². The number of carbonyl (C=O) groups is 2. The van der Waals surface area contributed by atoms with Crippen molar-refractivity contribution in [3.8, 4) is 11.5 Å². The third-order valence-electron chi connectivity index (χ3n) is 6.08. The molecule has 7 nitrogen and oxygen atoms in total. The van der Waals surface area contributed by atoms with Crippen molar-refractivity contribution >= 4 is 17.7 Å². The molecular formula is C27H29N3O4. The molecule has 1 aliphatic heterocycles. The Labute approximate surface area is 199 Å². The van der Waals surface area contributed by atoms with Gasteiger partial charge in [0, 0.05) is 18.3 Å². The normalized spacial score (nSPS) is 13.4. The number of aromatic nitrogens is 1. The smallest absolute Gasteiger partial charge is 0.340 e. The van der Waals surface area contributed by atoms with Gasteiger partial charge in [0.25, 0.3) is 5.91 Å². The van der Waals surface area contributed by atoms with Gasteiger partial charge in [-0.3, -0.25) is 4.79 Å². The zero-order valence-electron chi connectivity index (χ0n) is 19.9. The van der Waals surface area contributed by atoms with Gasteiger partial charge in [-0.15, -0.1) is 0 Å². The Morgan fingerprint density at radius 1 is 1.09 bits per heavy atom. The molecule has 2 aromatic carbocycles. The number of rotatable bonds is 8. The first-order valence-corrected chi connectivity index (χ1v) is 11.5. The third-order valence-corrected chi connectivity index (χ3v) is 6.08. The number of nitrogens with zero attached hydrogens (tertiary/aromatic N) is 2. The average Bonchev–Trinajstić information content (AvgIpc) is 3.20. The van der Waals surface area contributed by atoms with Crippen molar-refractivity contribution in [2.45, 2.75) is 39.8 Å². The van der Waals surface area contributed by atoms with E-state index in [1.54, 1.807) is 4.90 Å². The quantitative estimate of drug-likeness (QED) is 0.448. The Kier molecular flexibility index (Phi) is 6.82. The number of methoxy groups -OCH3 is 1. The van der Waals surface area contributed by atoms with Crippen LogP contribution in [0, 0.1) is 6.92 Å². The molecule has 1 aliphatic rings. The van der Waals surface area contributed by atoms with E-state index in [0.717, 1.165) is 29.0 Å². The van der Waals surface area contributed by atoms with Crippen LogP contribution in [0.3, 0.4) is 0 Å². The van der Waals surface area contributed by atoms with E-state index in [9.17, 15) is 9.59 Å². The van der Waals surface area contributed by atoms with Crippen LogP contribution in [-0.4, -0.2) is 35.4 Å². The Bertz CT molecular complexity index is 1190. The van der Waals surface area contributed by atoms with Crippen molar-refractivity contribution < 1.29 is 19.1 Å². The van der Waals surface area contributed by atoms with Crippen molar-refractivity contribution in [2.75, 3.05) is 19.0 Å². The van der Waals surface area contributed by atoms with E-state index in [-0.39, 0.29) is 17.5 Å². The van der Waals surface area contributed by atoms with Gasteiger partial charge in [0.2, 0.25) is 0 Å².